The summed E-state index contributed by atoms with van der Waals surface area (Å²) in [5.74, 6) is -0.643. The number of rotatable bonds is 5. The molecule has 0 saturated carbocycles. The van der Waals surface area contributed by atoms with Gasteiger partial charge in [0.2, 0.25) is 0 Å². The standard InChI is InChI=1S/C17H19NO6/c1-5-11-8-12(6-7-14(11)21-2)18-10-24-9-13(16(19)22-3)15(18)17(20)23-4/h5-8H,1,9-10H2,2-4H3. The quantitative estimate of drug-likeness (QED) is 0.760. The van der Waals surface area contributed by atoms with Crippen molar-refractivity contribution in [2.24, 2.45) is 0 Å². The van der Waals surface area contributed by atoms with Crippen LogP contribution in [-0.2, 0) is 23.8 Å². The van der Waals surface area contributed by atoms with Crippen LogP contribution >= 0.6 is 0 Å². The van der Waals surface area contributed by atoms with E-state index in [1.165, 1.54) is 14.2 Å². The molecule has 1 heterocycles. The average Bonchev–Trinajstić information content (AvgIpc) is 2.65. The van der Waals surface area contributed by atoms with E-state index in [4.69, 9.17) is 18.9 Å². The summed E-state index contributed by atoms with van der Waals surface area (Å²) in [6.07, 6.45) is 1.63. The summed E-state index contributed by atoms with van der Waals surface area (Å²) in [6, 6.07) is 5.27. The number of anilines is 1. The maximum absolute atomic E-state index is 12.2. The molecule has 0 fully saturated rings. The van der Waals surface area contributed by atoms with Crippen molar-refractivity contribution in [2.45, 2.75) is 0 Å². The summed E-state index contributed by atoms with van der Waals surface area (Å²) in [7, 11) is 4.05. The van der Waals surface area contributed by atoms with E-state index in [1.807, 2.05) is 0 Å². The molecule has 2 rings (SSSR count). The van der Waals surface area contributed by atoms with Crippen molar-refractivity contribution in [1.29, 1.82) is 0 Å². The second-order valence-corrected chi connectivity index (χ2v) is 4.85. The minimum Gasteiger partial charge on any atom is -0.496 e. The number of benzene rings is 1. The van der Waals surface area contributed by atoms with Gasteiger partial charge in [-0.25, -0.2) is 9.59 Å². The first-order chi connectivity index (χ1) is 11.6. The Morgan fingerprint density at radius 3 is 2.50 bits per heavy atom. The van der Waals surface area contributed by atoms with Crippen molar-refractivity contribution in [1.82, 2.24) is 0 Å². The second kappa shape index (κ2) is 7.65. The third-order valence-corrected chi connectivity index (χ3v) is 3.58. The highest BCUT2D eigenvalue weighted by Gasteiger charge is 2.32. The Balaban J connectivity index is 2.56. The molecular formula is C17H19NO6. The van der Waals surface area contributed by atoms with Crippen molar-refractivity contribution in [3.05, 3.63) is 41.6 Å². The molecule has 0 radical (unpaired) electrons. The van der Waals surface area contributed by atoms with Gasteiger partial charge < -0.3 is 23.8 Å². The van der Waals surface area contributed by atoms with Crippen LogP contribution in [0.25, 0.3) is 6.08 Å². The zero-order chi connectivity index (χ0) is 17.7. The number of esters is 2. The summed E-state index contributed by atoms with van der Waals surface area (Å²) < 4.78 is 20.2. The van der Waals surface area contributed by atoms with E-state index in [9.17, 15) is 9.59 Å². The highest BCUT2D eigenvalue weighted by atomic mass is 16.5. The van der Waals surface area contributed by atoms with Gasteiger partial charge in [0.05, 0.1) is 33.5 Å². The molecule has 0 amide bonds. The molecule has 0 aromatic heterocycles. The van der Waals surface area contributed by atoms with Gasteiger partial charge in [-0.15, -0.1) is 0 Å². The smallest absolute Gasteiger partial charge is 0.355 e. The Bertz CT molecular complexity index is 694. The molecule has 0 aliphatic carbocycles. The Kier molecular flexibility index (Phi) is 5.59. The number of nitrogens with zero attached hydrogens (tertiary/aromatic N) is 1. The van der Waals surface area contributed by atoms with Crippen molar-refractivity contribution in [3.8, 4) is 5.75 Å². The monoisotopic (exact) mass is 333 g/mol. The Morgan fingerprint density at radius 2 is 1.92 bits per heavy atom. The van der Waals surface area contributed by atoms with Crippen LogP contribution in [0, 0.1) is 0 Å². The lowest BCUT2D eigenvalue weighted by molar-refractivity contribution is -0.140. The number of hydrogen-bond acceptors (Lipinski definition) is 7. The van der Waals surface area contributed by atoms with Gasteiger partial charge in [0.25, 0.3) is 0 Å². The molecule has 24 heavy (non-hydrogen) atoms. The molecule has 1 aromatic carbocycles. The van der Waals surface area contributed by atoms with Gasteiger partial charge in [0.15, 0.2) is 0 Å². The first-order valence-corrected chi connectivity index (χ1v) is 7.12. The first-order valence-electron chi connectivity index (χ1n) is 7.12. The molecule has 7 heteroatoms. The number of carbonyl (C=O) groups is 2. The highest BCUT2D eigenvalue weighted by Crippen LogP contribution is 2.31. The lowest BCUT2D eigenvalue weighted by atomic mass is 10.1. The normalized spacial score (nSPS) is 14.2. The van der Waals surface area contributed by atoms with Gasteiger partial charge in [-0.2, -0.15) is 0 Å². The molecule has 0 atom stereocenters. The van der Waals surface area contributed by atoms with Gasteiger partial charge in [0.1, 0.15) is 18.2 Å². The van der Waals surface area contributed by atoms with Crippen LogP contribution in [0.1, 0.15) is 5.56 Å². The fourth-order valence-corrected chi connectivity index (χ4v) is 2.40. The van der Waals surface area contributed by atoms with Crippen LogP contribution in [0.3, 0.4) is 0 Å². The molecule has 1 aliphatic heterocycles. The summed E-state index contributed by atoms with van der Waals surface area (Å²) in [4.78, 5) is 25.7. The largest absolute Gasteiger partial charge is 0.496 e. The average molecular weight is 333 g/mol. The molecular weight excluding hydrogens is 314 g/mol. The van der Waals surface area contributed by atoms with Gasteiger partial charge >= 0.3 is 11.9 Å². The van der Waals surface area contributed by atoms with Crippen molar-refractivity contribution < 1.29 is 28.5 Å². The molecule has 0 saturated heterocycles. The summed E-state index contributed by atoms with van der Waals surface area (Å²) >= 11 is 0. The Labute approximate surface area is 140 Å². The Hall–Kier alpha value is -2.80. The highest BCUT2D eigenvalue weighted by molar-refractivity contribution is 6.03. The summed E-state index contributed by atoms with van der Waals surface area (Å²) in [5.41, 5.74) is 1.57. The van der Waals surface area contributed by atoms with Gasteiger partial charge in [-0.05, 0) is 18.2 Å². The van der Waals surface area contributed by atoms with Crippen molar-refractivity contribution >= 4 is 23.7 Å². The molecule has 1 aromatic rings. The third-order valence-electron chi connectivity index (χ3n) is 3.58. The third kappa shape index (κ3) is 3.26. The number of ether oxygens (including phenoxy) is 4. The maximum atomic E-state index is 12.2. The molecule has 7 nitrogen and oxygen atoms in total. The zero-order valence-electron chi connectivity index (χ0n) is 13.8. The zero-order valence-corrected chi connectivity index (χ0v) is 13.8. The fraction of sp³-hybridized carbons (Fsp3) is 0.294. The van der Waals surface area contributed by atoms with Gasteiger partial charge in [-0.3, -0.25) is 0 Å². The van der Waals surface area contributed by atoms with E-state index in [0.29, 0.717) is 11.4 Å². The van der Waals surface area contributed by atoms with Crippen LogP contribution in [0.5, 0.6) is 5.75 Å². The predicted molar refractivity (Wildman–Crippen MR) is 87.4 cm³/mol. The maximum Gasteiger partial charge on any atom is 0.355 e. The van der Waals surface area contributed by atoms with E-state index in [0.717, 1.165) is 5.56 Å². The number of hydrogen-bond donors (Lipinski definition) is 0. The molecule has 0 unspecified atom stereocenters. The summed E-state index contributed by atoms with van der Waals surface area (Å²) in [5, 5.41) is 0. The molecule has 128 valence electrons. The number of carbonyl (C=O) groups excluding carboxylic acids is 2. The van der Waals surface area contributed by atoms with Crippen molar-refractivity contribution in [3.63, 3.8) is 0 Å². The topological polar surface area (TPSA) is 74.3 Å². The second-order valence-electron chi connectivity index (χ2n) is 4.85. The molecule has 0 spiro atoms. The van der Waals surface area contributed by atoms with Gasteiger partial charge in [-0.1, -0.05) is 12.7 Å². The molecule has 0 bridgehead atoms. The minimum atomic E-state index is -0.644. The predicted octanol–water partition coefficient (Wildman–Crippen LogP) is 1.73. The minimum absolute atomic E-state index is 0.0297. The van der Waals surface area contributed by atoms with E-state index in [-0.39, 0.29) is 24.6 Å². The van der Waals surface area contributed by atoms with E-state index >= 15 is 0 Å². The molecule has 1 aliphatic rings. The molecule has 0 N–H and O–H groups in total. The Morgan fingerprint density at radius 1 is 1.21 bits per heavy atom. The first kappa shape index (κ1) is 17.6. The van der Waals surface area contributed by atoms with Crippen LogP contribution in [0.4, 0.5) is 5.69 Å². The van der Waals surface area contributed by atoms with E-state index in [1.54, 1.807) is 36.3 Å². The number of methoxy groups -OCH3 is 3. The lowest BCUT2D eigenvalue weighted by Gasteiger charge is -2.31. The van der Waals surface area contributed by atoms with E-state index in [2.05, 4.69) is 6.58 Å². The summed E-state index contributed by atoms with van der Waals surface area (Å²) in [6.45, 7) is 3.81. The van der Waals surface area contributed by atoms with Crippen LogP contribution in [0.15, 0.2) is 36.0 Å². The SMILES string of the molecule is C=Cc1cc(N2COCC(C(=O)OC)=C2C(=O)OC)ccc1OC. The fourth-order valence-electron chi connectivity index (χ4n) is 2.40. The van der Waals surface area contributed by atoms with Gasteiger partial charge in [0, 0.05) is 11.3 Å². The van der Waals surface area contributed by atoms with E-state index < -0.39 is 11.9 Å². The van der Waals surface area contributed by atoms with Crippen LogP contribution < -0.4 is 9.64 Å². The lowest BCUT2D eigenvalue weighted by Crippen LogP contribution is -2.38. The van der Waals surface area contributed by atoms with Crippen molar-refractivity contribution in [2.75, 3.05) is 39.6 Å². The van der Waals surface area contributed by atoms with Crippen LogP contribution in [-0.4, -0.2) is 46.6 Å². The van der Waals surface area contributed by atoms with Crippen LogP contribution in [0.2, 0.25) is 0 Å².